The van der Waals surface area contributed by atoms with Gasteiger partial charge in [-0.2, -0.15) is 9.50 Å². The number of aromatic nitrogens is 5. The standard InChI is InChI=1S/C21H20FN7O/c1-14-12-18(24-11-3-5-19(30)26-17-8-6-16(22)7-9-17)29-21(25-14)27-20(28-29)15-4-2-10-23-13-15/h2,4,6-10,12-13,24H,3,5,11H2,1H3,(H,26,30). The van der Waals surface area contributed by atoms with E-state index in [1.54, 1.807) is 16.9 Å². The normalized spacial score (nSPS) is 10.9. The van der Waals surface area contributed by atoms with Crippen molar-refractivity contribution in [3.8, 4) is 11.4 Å². The Morgan fingerprint density at radius 1 is 1.17 bits per heavy atom. The predicted molar refractivity (Wildman–Crippen MR) is 112 cm³/mol. The first-order valence-electron chi connectivity index (χ1n) is 9.52. The summed E-state index contributed by atoms with van der Waals surface area (Å²) in [5.41, 5.74) is 2.19. The van der Waals surface area contributed by atoms with Crippen LogP contribution in [-0.2, 0) is 4.79 Å². The maximum atomic E-state index is 12.9. The van der Waals surface area contributed by atoms with Crippen LogP contribution in [0.4, 0.5) is 15.9 Å². The summed E-state index contributed by atoms with van der Waals surface area (Å²) in [5.74, 6) is 1.32. The smallest absolute Gasteiger partial charge is 0.254 e. The predicted octanol–water partition coefficient (Wildman–Crippen LogP) is 3.46. The van der Waals surface area contributed by atoms with Crippen LogP contribution in [0.5, 0.6) is 0 Å². The van der Waals surface area contributed by atoms with E-state index in [1.807, 2.05) is 25.1 Å². The lowest BCUT2D eigenvalue weighted by molar-refractivity contribution is -0.116. The topological polar surface area (TPSA) is 97.1 Å². The van der Waals surface area contributed by atoms with Crippen molar-refractivity contribution in [2.24, 2.45) is 0 Å². The van der Waals surface area contributed by atoms with Gasteiger partial charge in [-0.15, -0.1) is 5.10 Å². The molecule has 0 aliphatic heterocycles. The van der Waals surface area contributed by atoms with Crippen molar-refractivity contribution in [1.29, 1.82) is 0 Å². The zero-order valence-electron chi connectivity index (χ0n) is 16.3. The number of halogens is 1. The van der Waals surface area contributed by atoms with Crippen LogP contribution in [0.3, 0.4) is 0 Å². The number of aryl methyl sites for hydroxylation is 1. The van der Waals surface area contributed by atoms with Crippen LogP contribution in [0.25, 0.3) is 17.2 Å². The lowest BCUT2D eigenvalue weighted by Gasteiger charge is -2.09. The molecule has 0 saturated heterocycles. The van der Waals surface area contributed by atoms with Crippen molar-refractivity contribution in [3.63, 3.8) is 0 Å². The van der Waals surface area contributed by atoms with Crippen LogP contribution in [-0.4, -0.2) is 37.0 Å². The number of rotatable bonds is 7. The summed E-state index contributed by atoms with van der Waals surface area (Å²) < 4.78 is 14.6. The Kier molecular flexibility index (Phi) is 5.60. The molecule has 0 bridgehead atoms. The number of nitrogens with one attached hydrogen (secondary N) is 2. The molecule has 0 radical (unpaired) electrons. The van der Waals surface area contributed by atoms with Gasteiger partial charge >= 0.3 is 0 Å². The van der Waals surface area contributed by atoms with E-state index < -0.39 is 0 Å². The van der Waals surface area contributed by atoms with E-state index in [1.165, 1.54) is 24.3 Å². The molecule has 4 rings (SSSR count). The average molecular weight is 405 g/mol. The molecular formula is C21H20FN7O. The van der Waals surface area contributed by atoms with E-state index in [0.717, 1.165) is 17.1 Å². The van der Waals surface area contributed by atoms with Gasteiger partial charge in [-0.05, 0) is 49.7 Å². The minimum absolute atomic E-state index is 0.126. The lowest BCUT2D eigenvalue weighted by Crippen LogP contribution is -2.14. The van der Waals surface area contributed by atoms with Gasteiger partial charge in [-0.3, -0.25) is 9.78 Å². The molecule has 0 aliphatic carbocycles. The fourth-order valence-electron chi connectivity index (χ4n) is 2.95. The molecule has 30 heavy (non-hydrogen) atoms. The summed E-state index contributed by atoms with van der Waals surface area (Å²) in [6.45, 7) is 2.46. The van der Waals surface area contributed by atoms with Crippen LogP contribution in [0.2, 0.25) is 0 Å². The quantitative estimate of drug-likeness (QED) is 0.457. The second-order valence-corrected chi connectivity index (χ2v) is 6.76. The fraction of sp³-hybridized carbons (Fsp3) is 0.190. The van der Waals surface area contributed by atoms with Gasteiger partial charge in [-0.1, -0.05) is 0 Å². The van der Waals surface area contributed by atoms with Crippen molar-refractivity contribution in [3.05, 3.63) is 66.4 Å². The van der Waals surface area contributed by atoms with Crippen LogP contribution < -0.4 is 10.6 Å². The maximum Gasteiger partial charge on any atom is 0.254 e. The fourth-order valence-corrected chi connectivity index (χ4v) is 2.95. The second-order valence-electron chi connectivity index (χ2n) is 6.76. The summed E-state index contributed by atoms with van der Waals surface area (Å²) >= 11 is 0. The van der Waals surface area contributed by atoms with Gasteiger partial charge < -0.3 is 10.6 Å². The van der Waals surface area contributed by atoms with E-state index in [4.69, 9.17) is 0 Å². The Hall–Kier alpha value is -3.88. The number of nitrogens with zero attached hydrogens (tertiary/aromatic N) is 5. The van der Waals surface area contributed by atoms with Crippen molar-refractivity contribution < 1.29 is 9.18 Å². The van der Waals surface area contributed by atoms with Gasteiger partial charge in [0.05, 0.1) is 0 Å². The molecule has 0 aliphatic rings. The molecule has 152 valence electrons. The highest BCUT2D eigenvalue weighted by atomic mass is 19.1. The molecule has 9 heteroatoms. The molecule has 1 amide bonds. The lowest BCUT2D eigenvalue weighted by atomic mass is 10.2. The highest BCUT2D eigenvalue weighted by molar-refractivity contribution is 5.90. The molecular weight excluding hydrogens is 385 g/mol. The number of hydrogen-bond donors (Lipinski definition) is 2. The van der Waals surface area contributed by atoms with Gasteiger partial charge in [0.15, 0.2) is 5.82 Å². The first-order chi connectivity index (χ1) is 14.6. The molecule has 0 atom stereocenters. The zero-order chi connectivity index (χ0) is 20.9. The Bertz CT molecular complexity index is 1160. The molecule has 2 N–H and O–H groups in total. The first-order valence-corrected chi connectivity index (χ1v) is 9.52. The number of fused-ring (bicyclic) bond motifs is 1. The summed E-state index contributed by atoms with van der Waals surface area (Å²) in [6.07, 6.45) is 4.34. The molecule has 1 aromatic carbocycles. The molecule has 0 spiro atoms. The number of anilines is 2. The third kappa shape index (κ3) is 4.57. The molecule has 8 nitrogen and oxygen atoms in total. The number of carbonyl (C=O) groups is 1. The summed E-state index contributed by atoms with van der Waals surface area (Å²) in [4.78, 5) is 25.1. The minimum Gasteiger partial charge on any atom is -0.370 e. The third-order valence-corrected chi connectivity index (χ3v) is 4.37. The number of pyridine rings is 1. The largest absolute Gasteiger partial charge is 0.370 e. The monoisotopic (exact) mass is 405 g/mol. The molecule has 4 aromatic rings. The minimum atomic E-state index is -0.337. The van der Waals surface area contributed by atoms with E-state index in [2.05, 4.69) is 30.7 Å². The number of benzene rings is 1. The Labute approximate surface area is 172 Å². The Balaban J connectivity index is 1.38. The Morgan fingerprint density at radius 2 is 2.00 bits per heavy atom. The van der Waals surface area contributed by atoms with Gasteiger partial charge in [0.1, 0.15) is 11.6 Å². The van der Waals surface area contributed by atoms with Gasteiger partial charge in [0, 0.05) is 48.4 Å². The molecule has 3 aromatic heterocycles. The molecule has 0 unspecified atom stereocenters. The second kappa shape index (κ2) is 8.64. The Morgan fingerprint density at radius 3 is 2.77 bits per heavy atom. The molecule has 0 saturated carbocycles. The van der Waals surface area contributed by atoms with Crippen molar-refractivity contribution >= 4 is 23.2 Å². The number of amides is 1. The van der Waals surface area contributed by atoms with Crippen molar-refractivity contribution in [2.75, 3.05) is 17.2 Å². The van der Waals surface area contributed by atoms with Crippen LogP contribution >= 0.6 is 0 Å². The highest BCUT2D eigenvalue weighted by Gasteiger charge is 2.11. The van der Waals surface area contributed by atoms with Crippen molar-refractivity contribution in [1.82, 2.24) is 24.6 Å². The summed E-state index contributed by atoms with van der Waals surface area (Å²) in [7, 11) is 0. The van der Waals surface area contributed by atoms with E-state index >= 15 is 0 Å². The van der Waals surface area contributed by atoms with Gasteiger partial charge in [0.2, 0.25) is 5.91 Å². The van der Waals surface area contributed by atoms with Crippen LogP contribution in [0.1, 0.15) is 18.5 Å². The SMILES string of the molecule is Cc1cc(NCCCC(=O)Nc2ccc(F)cc2)n2nc(-c3cccnc3)nc2n1. The number of hydrogen-bond acceptors (Lipinski definition) is 6. The highest BCUT2D eigenvalue weighted by Crippen LogP contribution is 2.18. The van der Waals surface area contributed by atoms with Crippen LogP contribution in [0, 0.1) is 12.7 Å². The molecule has 3 heterocycles. The van der Waals surface area contributed by atoms with E-state index in [-0.39, 0.29) is 11.7 Å². The summed E-state index contributed by atoms with van der Waals surface area (Å²) in [5, 5.41) is 10.6. The maximum absolute atomic E-state index is 12.9. The van der Waals surface area contributed by atoms with E-state index in [0.29, 0.717) is 36.7 Å². The van der Waals surface area contributed by atoms with Crippen molar-refractivity contribution in [2.45, 2.75) is 19.8 Å². The van der Waals surface area contributed by atoms with Gasteiger partial charge in [-0.25, -0.2) is 9.37 Å². The van der Waals surface area contributed by atoms with E-state index in [9.17, 15) is 9.18 Å². The number of carbonyl (C=O) groups excluding carboxylic acids is 1. The zero-order valence-corrected chi connectivity index (χ0v) is 16.3. The molecule has 0 fully saturated rings. The first kappa shape index (κ1) is 19.4. The average Bonchev–Trinajstić information content (AvgIpc) is 3.17. The van der Waals surface area contributed by atoms with Crippen LogP contribution in [0.15, 0.2) is 54.9 Å². The summed E-state index contributed by atoms with van der Waals surface area (Å²) in [6, 6.07) is 11.3. The third-order valence-electron chi connectivity index (χ3n) is 4.37. The van der Waals surface area contributed by atoms with Gasteiger partial charge in [0.25, 0.3) is 5.78 Å².